The molecule has 4 nitrogen and oxygen atoms in total. The van der Waals surface area contributed by atoms with Gasteiger partial charge in [-0.3, -0.25) is 0 Å². The fraction of sp³-hybridized carbons (Fsp3) is 0.889. The van der Waals surface area contributed by atoms with E-state index in [0.717, 1.165) is 25.6 Å². The highest BCUT2D eigenvalue weighted by molar-refractivity contribution is 5.72. The van der Waals surface area contributed by atoms with E-state index in [1.807, 2.05) is 0 Å². The Morgan fingerprint density at radius 3 is 2.69 bits per heavy atom. The quantitative estimate of drug-likeness (QED) is 0.646. The maximum absolute atomic E-state index is 10.9. The highest BCUT2D eigenvalue weighted by atomic mass is 16.2. The lowest BCUT2D eigenvalue weighted by molar-refractivity contribution is 0.181. The molecular weight excluding hydrogens is 166 g/mol. The van der Waals surface area contributed by atoms with Crippen LogP contribution in [0.15, 0.2) is 0 Å². The largest absolute Gasteiger partial charge is 0.351 e. The van der Waals surface area contributed by atoms with Crippen molar-refractivity contribution in [3.63, 3.8) is 0 Å². The Balaban J connectivity index is 1.80. The number of piperidine rings is 1. The Labute approximate surface area is 78.5 Å². The molecule has 1 saturated heterocycles. The maximum Gasteiger partial charge on any atom is 0.314 e. The number of hydrogen-bond donors (Lipinski definition) is 2. The molecule has 0 radical (unpaired) electrons. The lowest BCUT2D eigenvalue weighted by atomic mass is 10.1. The highest BCUT2D eigenvalue weighted by Gasteiger charge is 2.28. The molecule has 1 saturated carbocycles. The highest BCUT2D eigenvalue weighted by Crippen LogP contribution is 2.21. The molecule has 2 fully saturated rings. The number of urea groups is 1. The van der Waals surface area contributed by atoms with Crippen LogP contribution in [-0.2, 0) is 0 Å². The van der Waals surface area contributed by atoms with Crippen molar-refractivity contribution in [2.45, 2.75) is 37.8 Å². The van der Waals surface area contributed by atoms with Crippen molar-refractivity contribution < 1.29 is 4.79 Å². The Morgan fingerprint density at radius 2 is 2.08 bits per heavy atom. The number of nitrogens with two attached hydrogens (primary N) is 1. The molecule has 13 heavy (non-hydrogen) atoms. The topological polar surface area (TPSA) is 58.4 Å². The van der Waals surface area contributed by atoms with Gasteiger partial charge in [0.2, 0.25) is 0 Å². The third-order valence-corrected chi connectivity index (χ3v) is 2.78. The van der Waals surface area contributed by atoms with E-state index in [9.17, 15) is 4.79 Å². The summed E-state index contributed by atoms with van der Waals surface area (Å²) in [4.78, 5) is 12.7. The first-order valence-electron chi connectivity index (χ1n) is 5.06. The van der Waals surface area contributed by atoms with Gasteiger partial charge in [-0.05, 0) is 25.7 Å². The molecule has 4 heteroatoms. The van der Waals surface area contributed by atoms with E-state index in [1.165, 1.54) is 19.3 Å². The molecule has 0 aromatic carbocycles. The molecule has 2 aliphatic rings. The number of nitrogens with zero attached hydrogens (tertiary/aromatic N) is 1. The summed E-state index contributed by atoms with van der Waals surface area (Å²) in [6.45, 7) is 1.63. The van der Waals surface area contributed by atoms with E-state index in [4.69, 9.17) is 5.73 Å². The Kier molecular flexibility index (Phi) is 2.40. The third-order valence-electron chi connectivity index (χ3n) is 2.78. The van der Waals surface area contributed by atoms with Gasteiger partial charge in [-0.25, -0.2) is 4.79 Å². The maximum atomic E-state index is 10.9. The van der Waals surface area contributed by atoms with Gasteiger partial charge in [-0.15, -0.1) is 0 Å². The predicted octanol–water partition coefficient (Wildman–Crippen LogP) is 0.281. The minimum absolute atomic E-state index is 0.276. The van der Waals surface area contributed by atoms with Gasteiger partial charge in [0.05, 0.1) is 0 Å². The standard InChI is InChI=1S/C9H17N3O/c10-9(13)12-5-1-2-8(6-12)11-7-3-4-7/h7-8,11H,1-6H2,(H2,10,13). The molecule has 74 valence electrons. The molecule has 1 aliphatic heterocycles. The number of carbonyl (C=O) groups excluding carboxylic acids is 1. The summed E-state index contributed by atoms with van der Waals surface area (Å²) < 4.78 is 0. The van der Waals surface area contributed by atoms with Crippen LogP contribution in [0.25, 0.3) is 0 Å². The Bertz CT molecular complexity index is 203. The van der Waals surface area contributed by atoms with E-state index in [1.54, 1.807) is 4.90 Å². The van der Waals surface area contributed by atoms with Crippen LogP contribution in [0.2, 0.25) is 0 Å². The van der Waals surface area contributed by atoms with Crippen molar-refractivity contribution in [2.24, 2.45) is 5.73 Å². The molecule has 2 amide bonds. The Hall–Kier alpha value is -0.770. The van der Waals surface area contributed by atoms with Crippen LogP contribution in [0.3, 0.4) is 0 Å². The average molecular weight is 183 g/mol. The molecule has 2 rings (SSSR count). The number of amides is 2. The molecule has 1 aliphatic carbocycles. The molecule has 0 spiro atoms. The van der Waals surface area contributed by atoms with Gasteiger partial charge in [-0.2, -0.15) is 0 Å². The normalized spacial score (nSPS) is 28.9. The fourth-order valence-electron chi connectivity index (χ4n) is 1.90. The molecular formula is C9H17N3O. The van der Waals surface area contributed by atoms with Gasteiger partial charge < -0.3 is 16.0 Å². The summed E-state index contributed by atoms with van der Waals surface area (Å²) >= 11 is 0. The van der Waals surface area contributed by atoms with Crippen LogP contribution in [0, 0.1) is 0 Å². The van der Waals surface area contributed by atoms with E-state index in [2.05, 4.69) is 5.32 Å². The molecule has 0 aromatic rings. The van der Waals surface area contributed by atoms with Crippen LogP contribution < -0.4 is 11.1 Å². The number of primary amides is 1. The molecule has 0 aromatic heterocycles. The van der Waals surface area contributed by atoms with Gasteiger partial charge in [0.1, 0.15) is 0 Å². The summed E-state index contributed by atoms with van der Waals surface area (Å²) in [6, 6.07) is 0.925. The van der Waals surface area contributed by atoms with Crippen molar-refractivity contribution >= 4 is 6.03 Å². The average Bonchev–Trinajstić information content (AvgIpc) is 2.89. The molecule has 1 heterocycles. The second-order valence-electron chi connectivity index (χ2n) is 4.06. The zero-order valence-corrected chi connectivity index (χ0v) is 7.83. The van der Waals surface area contributed by atoms with Crippen molar-refractivity contribution in [2.75, 3.05) is 13.1 Å². The predicted molar refractivity (Wildman–Crippen MR) is 50.3 cm³/mol. The second kappa shape index (κ2) is 3.54. The van der Waals surface area contributed by atoms with Crippen LogP contribution in [-0.4, -0.2) is 36.1 Å². The summed E-state index contributed by atoms with van der Waals surface area (Å²) in [6.07, 6.45) is 4.85. The minimum Gasteiger partial charge on any atom is -0.351 e. The van der Waals surface area contributed by atoms with E-state index in [-0.39, 0.29) is 6.03 Å². The van der Waals surface area contributed by atoms with E-state index < -0.39 is 0 Å². The fourth-order valence-corrected chi connectivity index (χ4v) is 1.90. The monoisotopic (exact) mass is 183 g/mol. The zero-order valence-electron chi connectivity index (χ0n) is 7.83. The van der Waals surface area contributed by atoms with Crippen LogP contribution >= 0.6 is 0 Å². The minimum atomic E-state index is -0.276. The number of nitrogens with one attached hydrogen (secondary N) is 1. The van der Waals surface area contributed by atoms with Gasteiger partial charge >= 0.3 is 6.03 Å². The SMILES string of the molecule is NC(=O)N1CCCC(NC2CC2)C1. The summed E-state index contributed by atoms with van der Waals surface area (Å²) in [5.41, 5.74) is 5.24. The van der Waals surface area contributed by atoms with Crippen molar-refractivity contribution in [1.29, 1.82) is 0 Å². The zero-order chi connectivity index (χ0) is 9.26. The lowest BCUT2D eigenvalue weighted by Crippen LogP contribution is -2.50. The number of rotatable bonds is 2. The van der Waals surface area contributed by atoms with Crippen LogP contribution in [0.5, 0.6) is 0 Å². The first-order chi connectivity index (χ1) is 6.25. The van der Waals surface area contributed by atoms with E-state index >= 15 is 0 Å². The van der Waals surface area contributed by atoms with Crippen molar-refractivity contribution in [1.82, 2.24) is 10.2 Å². The van der Waals surface area contributed by atoms with Crippen molar-refractivity contribution in [3.05, 3.63) is 0 Å². The molecule has 0 bridgehead atoms. The number of carbonyl (C=O) groups is 1. The Morgan fingerprint density at radius 1 is 1.31 bits per heavy atom. The third kappa shape index (κ3) is 2.34. The summed E-state index contributed by atoms with van der Waals surface area (Å²) in [5, 5.41) is 3.53. The van der Waals surface area contributed by atoms with Gasteiger partial charge in [0, 0.05) is 25.2 Å². The first-order valence-corrected chi connectivity index (χ1v) is 5.06. The molecule has 1 atom stereocenters. The van der Waals surface area contributed by atoms with Crippen LogP contribution in [0.4, 0.5) is 4.79 Å². The van der Waals surface area contributed by atoms with Crippen LogP contribution in [0.1, 0.15) is 25.7 Å². The second-order valence-corrected chi connectivity index (χ2v) is 4.06. The number of hydrogen-bond acceptors (Lipinski definition) is 2. The van der Waals surface area contributed by atoms with E-state index in [0.29, 0.717) is 6.04 Å². The van der Waals surface area contributed by atoms with Crippen molar-refractivity contribution in [3.8, 4) is 0 Å². The lowest BCUT2D eigenvalue weighted by Gasteiger charge is -2.32. The summed E-state index contributed by atoms with van der Waals surface area (Å²) in [7, 11) is 0. The van der Waals surface area contributed by atoms with Gasteiger partial charge in [-0.1, -0.05) is 0 Å². The van der Waals surface area contributed by atoms with Gasteiger partial charge in [0.15, 0.2) is 0 Å². The first kappa shape index (κ1) is 8.81. The number of likely N-dealkylation sites (tertiary alicyclic amines) is 1. The smallest absolute Gasteiger partial charge is 0.314 e. The summed E-state index contributed by atoms with van der Waals surface area (Å²) in [5.74, 6) is 0. The molecule has 1 unspecified atom stereocenters. The van der Waals surface area contributed by atoms with Gasteiger partial charge in [0.25, 0.3) is 0 Å². The molecule has 3 N–H and O–H groups in total.